The lowest BCUT2D eigenvalue weighted by Gasteiger charge is -2.24. The molecule has 1 fully saturated rings. The zero-order valence-electron chi connectivity index (χ0n) is 11.3. The minimum Gasteiger partial charge on any atom is -0.383 e. The van der Waals surface area contributed by atoms with Gasteiger partial charge in [0.25, 0.3) is 0 Å². The van der Waals surface area contributed by atoms with Gasteiger partial charge in [0, 0.05) is 18.2 Å². The first-order valence-electron chi connectivity index (χ1n) is 6.79. The first-order valence-corrected chi connectivity index (χ1v) is 6.79. The van der Waals surface area contributed by atoms with E-state index in [4.69, 9.17) is 5.73 Å². The van der Waals surface area contributed by atoms with E-state index in [1.807, 2.05) is 0 Å². The van der Waals surface area contributed by atoms with Gasteiger partial charge in [0.1, 0.15) is 18.0 Å². The molecular formula is C13H23N5. The summed E-state index contributed by atoms with van der Waals surface area (Å²) in [5.74, 6) is 1.47. The molecule has 1 aliphatic heterocycles. The van der Waals surface area contributed by atoms with Crippen LogP contribution in [0.3, 0.4) is 0 Å². The Labute approximate surface area is 109 Å². The number of hydrogen-bond acceptors (Lipinski definition) is 5. The van der Waals surface area contributed by atoms with Crippen molar-refractivity contribution >= 4 is 11.6 Å². The van der Waals surface area contributed by atoms with Crippen molar-refractivity contribution in [3.63, 3.8) is 0 Å². The number of nitrogens with one attached hydrogen (secondary N) is 1. The van der Waals surface area contributed by atoms with Gasteiger partial charge in [0.05, 0.1) is 0 Å². The van der Waals surface area contributed by atoms with Gasteiger partial charge in [0.15, 0.2) is 0 Å². The van der Waals surface area contributed by atoms with Gasteiger partial charge in [0.2, 0.25) is 0 Å². The van der Waals surface area contributed by atoms with Crippen LogP contribution in [0.25, 0.3) is 0 Å². The first-order chi connectivity index (χ1) is 8.72. The molecule has 0 radical (unpaired) electrons. The summed E-state index contributed by atoms with van der Waals surface area (Å²) in [5.41, 5.74) is 6.88. The van der Waals surface area contributed by atoms with Gasteiger partial charge in [-0.3, -0.25) is 4.90 Å². The Morgan fingerprint density at radius 1 is 1.39 bits per heavy atom. The van der Waals surface area contributed by atoms with Crippen LogP contribution in [0.2, 0.25) is 0 Å². The van der Waals surface area contributed by atoms with Crippen LogP contribution in [0.4, 0.5) is 11.6 Å². The van der Waals surface area contributed by atoms with Crippen LogP contribution >= 0.6 is 0 Å². The largest absolute Gasteiger partial charge is 0.383 e. The lowest BCUT2D eigenvalue weighted by atomic mass is 10.2. The maximum absolute atomic E-state index is 5.86. The molecule has 1 aromatic heterocycles. The Bertz CT molecular complexity index is 387. The monoisotopic (exact) mass is 249 g/mol. The minimum atomic E-state index is 0.536. The van der Waals surface area contributed by atoms with Gasteiger partial charge in [-0.25, -0.2) is 9.97 Å². The van der Waals surface area contributed by atoms with Gasteiger partial charge < -0.3 is 11.1 Å². The van der Waals surface area contributed by atoms with Crippen molar-refractivity contribution in [1.82, 2.24) is 14.9 Å². The predicted molar refractivity (Wildman–Crippen MR) is 74.6 cm³/mol. The minimum absolute atomic E-state index is 0.536. The Kier molecular flexibility index (Phi) is 4.36. The second-order valence-electron chi connectivity index (χ2n) is 4.91. The second kappa shape index (κ2) is 6.00. The summed E-state index contributed by atoms with van der Waals surface area (Å²) in [6.45, 7) is 7.67. The van der Waals surface area contributed by atoms with Crippen molar-refractivity contribution < 1.29 is 0 Å². The van der Waals surface area contributed by atoms with Crippen LogP contribution < -0.4 is 11.1 Å². The normalized spacial score (nSPS) is 17.9. The number of nitrogen functional groups attached to an aromatic ring is 1. The van der Waals surface area contributed by atoms with E-state index in [2.05, 4.69) is 34.0 Å². The number of anilines is 2. The number of nitrogens with two attached hydrogens (primary N) is 1. The maximum Gasteiger partial charge on any atom is 0.134 e. The summed E-state index contributed by atoms with van der Waals surface area (Å²) in [6.07, 6.45) is 5.03. The average molecular weight is 249 g/mol. The summed E-state index contributed by atoms with van der Waals surface area (Å²) in [7, 11) is 0. The molecule has 2 heterocycles. The predicted octanol–water partition coefficient (Wildman–Crippen LogP) is 1.52. The molecule has 1 aliphatic rings. The summed E-state index contributed by atoms with van der Waals surface area (Å²) in [6, 6.07) is 0.536. The van der Waals surface area contributed by atoms with Crippen molar-refractivity contribution in [2.75, 3.05) is 30.7 Å². The molecule has 1 aromatic rings. The highest BCUT2D eigenvalue weighted by Crippen LogP contribution is 2.18. The van der Waals surface area contributed by atoms with Crippen LogP contribution in [-0.2, 0) is 6.42 Å². The number of aromatic nitrogens is 2. The molecule has 0 aromatic carbocycles. The molecule has 0 bridgehead atoms. The second-order valence-corrected chi connectivity index (χ2v) is 4.91. The summed E-state index contributed by atoms with van der Waals surface area (Å²) < 4.78 is 0. The third-order valence-corrected chi connectivity index (χ3v) is 3.66. The van der Waals surface area contributed by atoms with E-state index in [9.17, 15) is 0 Å². The molecule has 0 amide bonds. The number of likely N-dealkylation sites (tertiary alicyclic amines) is 1. The lowest BCUT2D eigenvalue weighted by molar-refractivity contribution is 0.269. The molecule has 0 aliphatic carbocycles. The summed E-state index contributed by atoms with van der Waals surface area (Å²) in [4.78, 5) is 10.8. The fourth-order valence-electron chi connectivity index (χ4n) is 2.48. The SMILES string of the molecule is CCc1c(N)ncnc1NCC(C)N1CCCC1. The van der Waals surface area contributed by atoms with Gasteiger partial charge >= 0.3 is 0 Å². The third-order valence-electron chi connectivity index (χ3n) is 3.66. The Morgan fingerprint density at radius 3 is 2.78 bits per heavy atom. The molecule has 2 rings (SSSR count). The maximum atomic E-state index is 5.86. The number of nitrogens with zero attached hydrogens (tertiary/aromatic N) is 3. The Morgan fingerprint density at radius 2 is 2.11 bits per heavy atom. The van der Waals surface area contributed by atoms with Crippen LogP contribution in [0.1, 0.15) is 32.3 Å². The molecule has 1 unspecified atom stereocenters. The molecule has 3 N–H and O–H groups in total. The molecule has 5 nitrogen and oxygen atoms in total. The van der Waals surface area contributed by atoms with Crippen molar-refractivity contribution in [3.8, 4) is 0 Å². The quantitative estimate of drug-likeness (QED) is 0.828. The number of rotatable bonds is 5. The third kappa shape index (κ3) is 2.90. The van der Waals surface area contributed by atoms with Crippen LogP contribution in [0.15, 0.2) is 6.33 Å². The van der Waals surface area contributed by atoms with Crippen molar-refractivity contribution in [2.24, 2.45) is 0 Å². The average Bonchev–Trinajstić information content (AvgIpc) is 2.90. The standard InChI is InChI=1S/C13H23N5/c1-3-11-12(14)16-9-17-13(11)15-8-10(2)18-6-4-5-7-18/h9-10H,3-8H2,1-2H3,(H3,14,15,16,17). The Balaban J connectivity index is 1.95. The molecule has 0 spiro atoms. The van der Waals surface area contributed by atoms with Crippen LogP contribution in [0, 0.1) is 0 Å². The van der Waals surface area contributed by atoms with E-state index in [-0.39, 0.29) is 0 Å². The molecular weight excluding hydrogens is 226 g/mol. The molecule has 100 valence electrons. The summed E-state index contributed by atoms with van der Waals surface area (Å²) >= 11 is 0. The topological polar surface area (TPSA) is 67.1 Å². The van der Waals surface area contributed by atoms with Gasteiger partial charge in [-0.15, -0.1) is 0 Å². The number of hydrogen-bond donors (Lipinski definition) is 2. The zero-order valence-corrected chi connectivity index (χ0v) is 11.3. The smallest absolute Gasteiger partial charge is 0.134 e. The van der Waals surface area contributed by atoms with E-state index in [1.165, 1.54) is 32.3 Å². The highest BCUT2D eigenvalue weighted by Gasteiger charge is 2.18. The van der Waals surface area contributed by atoms with Crippen molar-refractivity contribution in [1.29, 1.82) is 0 Å². The highest BCUT2D eigenvalue weighted by atomic mass is 15.2. The van der Waals surface area contributed by atoms with Gasteiger partial charge in [-0.05, 0) is 39.3 Å². The Hall–Kier alpha value is -1.36. The fraction of sp³-hybridized carbons (Fsp3) is 0.692. The van der Waals surface area contributed by atoms with Gasteiger partial charge in [-0.1, -0.05) is 6.92 Å². The van der Waals surface area contributed by atoms with E-state index in [0.717, 1.165) is 24.3 Å². The molecule has 18 heavy (non-hydrogen) atoms. The van der Waals surface area contributed by atoms with E-state index < -0.39 is 0 Å². The van der Waals surface area contributed by atoms with Crippen molar-refractivity contribution in [2.45, 2.75) is 39.2 Å². The van der Waals surface area contributed by atoms with Gasteiger partial charge in [-0.2, -0.15) is 0 Å². The first kappa shape index (κ1) is 13.1. The summed E-state index contributed by atoms with van der Waals surface area (Å²) in [5, 5.41) is 3.41. The fourth-order valence-corrected chi connectivity index (χ4v) is 2.48. The van der Waals surface area contributed by atoms with Crippen LogP contribution in [-0.4, -0.2) is 40.5 Å². The molecule has 0 saturated carbocycles. The van der Waals surface area contributed by atoms with Crippen molar-refractivity contribution in [3.05, 3.63) is 11.9 Å². The van der Waals surface area contributed by atoms with E-state index in [0.29, 0.717) is 11.9 Å². The lowest BCUT2D eigenvalue weighted by Crippen LogP contribution is -2.35. The molecule has 5 heteroatoms. The molecule has 1 saturated heterocycles. The van der Waals surface area contributed by atoms with E-state index >= 15 is 0 Å². The molecule has 1 atom stereocenters. The van der Waals surface area contributed by atoms with E-state index in [1.54, 1.807) is 0 Å². The van der Waals surface area contributed by atoms with Crippen LogP contribution in [0.5, 0.6) is 0 Å². The zero-order chi connectivity index (χ0) is 13.0. The highest BCUT2D eigenvalue weighted by molar-refractivity contribution is 5.54.